The van der Waals surface area contributed by atoms with Gasteiger partial charge >= 0.3 is 0 Å². The Morgan fingerprint density at radius 3 is 2.32 bits per heavy atom. The van der Waals surface area contributed by atoms with Crippen LogP contribution >= 0.6 is 23.7 Å². The fraction of sp³-hybridized carbons (Fsp3) is 0.500. The lowest BCUT2D eigenvalue weighted by Crippen LogP contribution is -2.39. The van der Waals surface area contributed by atoms with Gasteiger partial charge < -0.3 is 18.9 Å². The smallest absolute Gasteiger partial charge is 0.260 e. The lowest BCUT2D eigenvalue weighted by Gasteiger charge is -2.28. The van der Waals surface area contributed by atoms with Crippen molar-refractivity contribution in [2.24, 2.45) is 0 Å². The van der Waals surface area contributed by atoms with Crippen molar-refractivity contribution in [3.63, 3.8) is 0 Å². The highest BCUT2D eigenvalue weighted by molar-refractivity contribution is 7.22. The standard InChI is InChI=1S/C28H37N3O5S.ClH/c1-5-34-22-18-21(19-23(35-6-2)26(22)36-7-3)27(32)31(13-9-12-30-14-16-33-17-15-30)28-29-25-20(4)10-8-11-24(25)37-28;/h8,10-11,18-19H,5-7,9,12-17H2,1-4H3;1H. The maximum absolute atomic E-state index is 14.1. The number of aryl methyl sites for hydroxylation is 1. The number of benzene rings is 2. The van der Waals surface area contributed by atoms with Crippen molar-refractivity contribution in [1.82, 2.24) is 9.88 Å². The van der Waals surface area contributed by atoms with Gasteiger partial charge in [0.05, 0.1) is 43.3 Å². The Hall–Kier alpha value is -2.59. The Morgan fingerprint density at radius 1 is 1.05 bits per heavy atom. The third kappa shape index (κ3) is 7.08. The number of aromatic nitrogens is 1. The predicted octanol–water partition coefficient (Wildman–Crippen LogP) is 5.59. The van der Waals surface area contributed by atoms with E-state index in [-0.39, 0.29) is 18.3 Å². The van der Waals surface area contributed by atoms with E-state index in [0.717, 1.165) is 55.0 Å². The molecule has 8 nitrogen and oxygen atoms in total. The minimum atomic E-state index is -0.136. The Kier molecular flexibility index (Phi) is 11.5. The largest absolute Gasteiger partial charge is 0.490 e. The van der Waals surface area contributed by atoms with E-state index in [9.17, 15) is 4.79 Å². The zero-order valence-corrected chi connectivity index (χ0v) is 24.3. The van der Waals surface area contributed by atoms with Gasteiger partial charge in [0.15, 0.2) is 16.6 Å². The van der Waals surface area contributed by atoms with Gasteiger partial charge in [-0.3, -0.25) is 14.6 Å². The SMILES string of the molecule is CCOc1cc(C(=O)N(CCCN2CCOCC2)c2nc3c(C)cccc3s2)cc(OCC)c1OCC.Cl. The summed E-state index contributed by atoms with van der Waals surface area (Å²) >= 11 is 1.54. The number of anilines is 1. The van der Waals surface area contributed by atoms with Crippen LogP contribution in [0.5, 0.6) is 17.2 Å². The number of amides is 1. The zero-order chi connectivity index (χ0) is 26.2. The van der Waals surface area contributed by atoms with E-state index in [4.69, 9.17) is 23.9 Å². The number of para-hydroxylation sites is 1. The van der Waals surface area contributed by atoms with Crippen molar-refractivity contribution in [2.45, 2.75) is 34.1 Å². The maximum atomic E-state index is 14.1. The fourth-order valence-electron chi connectivity index (χ4n) is 4.42. The van der Waals surface area contributed by atoms with Crippen LogP contribution in [-0.4, -0.2) is 75.0 Å². The van der Waals surface area contributed by atoms with E-state index >= 15 is 0 Å². The van der Waals surface area contributed by atoms with Gasteiger partial charge in [0, 0.05) is 31.7 Å². The first-order valence-electron chi connectivity index (χ1n) is 13.1. The van der Waals surface area contributed by atoms with Crippen molar-refractivity contribution in [1.29, 1.82) is 0 Å². The molecule has 0 atom stereocenters. The van der Waals surface area contributed by atoms with Crippen LogP contribution in [0.3, 0.4) is 0 Å². The molecule has 0 bridgehead atoms. The molecule has 1 aromatic heterocycles. The first kappa shape index (κ1) is 30.0. The number of rotatable bonds is 12. The molecule has 3 aromatic rings. The van der Waals surface area contributed by atoms with Crippen LogP contribution in [0.4, 0.5) is 5.13 Å². The van der Waals surface area contributed by atoms with Gasteiger partial charge in [0.1, 0.15) is 0 Å². The molecule has 0 N–H and O–H groups in total. The third-order valence-electron chi connectivity index (χ3n) is 6.20. The first-order chi connectivity index (χ1) is 18.0. The molecule has 4 rings (SSSR count). The number of nitrogens with zero attached hydrogens (tertiary/aromatic N) is 3. The highest BCUT2D eigenvalue weighted by atomic mass is 35.5. The van der Waals surface area contributed by atoms with Crippen LogP contribution in [0.15, 0.2) is 30.3 Å². The monoisotopic (exact) mass is 563 g/mol. The van der Waals surface area contributed by atoms with Gasteiger partial charge in [0.25, 0.3) is 5.91 Å². The number of carbonyl (C=O) groups is 1. The number of halogens is 1. The molecule has 1 aliphatic heterocycles. The summed E-state index contributed by atoms with van der Waals surface area (Å²) in [6.45, 7) is 13.9. The lowest BCUT2D eigenvalue weighted by atomic mass is 10.1. The normalized spacial score (nSPS) is 13.7. The van der Waals surface area contributed by atoms with Gasteiger partial charge in [-0.05, 0) is 57.9 Å². The van der Waals surface area contributed by atoms with E-state index in [0.29, 0.717) is 54.3 Å². The molecule has 2 aromatic carbocycles. The van der Waals surface area contributed by atoms with Crippen molar-refractivity contribution in [3.05, 3.63) is 41.5 Å². The Morgan fingerprint density at radius 2 is 1.71 bits per heavy atom. The molecule has 1 aliphatic rings. The van der Waals surface area contributed by atoms with Gasteiger partial charge in [-0.15, -0.1) is 12.4 Å². The van der Waals surface area contributed by atoms with E-state index in [1.165, 1.54) is 0 Å². The molecule has 0 saturated carbocycles. The summed E-state index contributed by atoms with van der Waals surface area (Å²) in [5.74, 6) is 1.40. The summed E-state index contributed by atoms with van der Waals surface area (Å²) in [5.41, 5.74) is 2.52. The molecule has 1 fully saturated rings. The minimum Gasteiger partial charge on any atom is -0.490 e. The average molecular weight is 564 g/mol. The molecule has 2 heterocycles. The molecular formula is C28H38ClN3O5S. The highest BCUT2D eigenvalue weighted by Crippen LogP contribution is 2.40. The topological polar surface area (TPSA) is 73.4 Å². The molecule has 208 valence electrons. The molecule has 1 amide bonds. The van der Waals surface area contributed by atoms with Crippen molar-refractivity contribution in [3.8, 4) is 17.2 Å². The molecule has 1 saturated heterocycles. The summed E-state index contributed by atoms with van der Waals surface area (Å²) in [7, 11) is 0. The number of hydrogen-bond acceptors (Lipinski definition) is 8. The van der Waals surface area contributed by atoms with Gasteiger partial charge in [-0.2, -0.15) is 0 Å². The maximum Gasteiger partial charge on any atom is 0.260 e. The Labute approximate surface area is 235 Å². The molecule has 38 heavy (non-hydrogen) atoms. The van der Waals surface area contributed by atoms with Gasteiger partial charge in [-0.25, -0.2) is 4.98 Å². The van der Waals surface area contributed by atoms with E-state index in [1.54, 1.807) is 28.4 Å². The number of fused-ring (bicyclic) bond motifs is 1. The molecule has 0 spiro atoms. The predicted molar refractivity (Wildman–Crippen MR) is 155 cm³/mol. The second-order valence-electron chi connectivity index (χ2n) is 8.78. The van der Waals surface area contributed by atoms with Crippen LogP contribution in [0, 0.1) is 6.92 Å². The summed E-state index contributed by atoms with van der Waals surface area (Å²) < 4.78 is 24.1. The second-order valence-corrected chi connectivity index (χ2v) is 9.79. The third-order valence-corrected chi connectivity index (χ3v) is 7.24. The van der Waals surface area contributed by atoms with E-state index in [1.807, 2.05) is 39.8 Å². The summed E-state index contributed by atoms with van der Waals surface area (Å²) in [6.07, 6.45) is 0.828. The Balaban J connectivity index is 0.00000400. The number of thiazole rings is 1. The number of morpholine rings is 1. The average Bonchev–Trinajstić information content (AvgIpc) is 3.34. The molecule has 0 radical (unpaired) electrons. The summed E-state index contributed by atoms with van der Waals surface area (Å²) in [4.78, 5) is 23.1. The molecule has 0 aliphatic carbocycles. The molecular weight excluding hydrogens is 526 g/mol. The minimum absolute atomic E-state index is 0. The Bertz CT molecular complexity index is 1170. The van der Waals surface area contributed by atoms with Crippen LogP contribution in [0.2, 0.25) is 0 Å². The van der Waals surface area contributed by atoms with Crippen LogP contribution in [-0.2, 0) is 4.74 Å². The van der Waals surface area contributed by atoms with Crippen molar-refractivity contribution < 1.29 is 23.7 Å². The molecule has 0 unspecified atom stereocenters. The van der Waals surface area contributed by atoms with Crippen LogP contribution in [0.1, 0.15) is 43.1 Å². The molecule has 10 heteroatoms. The number of carbonyl (C=O) groups excluding carboxylic acids is 1. The van der Waals surface area contributed by atoms with Gasteiger partial charge in [-0.1, -0.05) is 23.5 Å². The van der Waals surface area contributed by atoms with E-state index < -0.39 is 0 Å². The summed E-state index contributed by atoms with van der Waals surface area (Å²) in [6, 6.07) is 9.64. The summed E-state index contributed by atoms with van der Waals surface area (Å²) in [5, 5.41) is 0.695. The lowest BCUT2D eigenvalue weighted by molar-refractivity contribution is 0.0376. The number of hydrogen-bond donors (Lipinski definition) is 0. The van der Waals surface area contributed by atoms with Crippen molar-refractivity contribution in [2.75, 3.05) is 64.1 Å². The van der Waals surface area contributed by atoms with Crippen LogP contribution < -0.4 is 19.1 Å². The second kappa shape index (κ2) is 14.5. The van der Waals surface area contributed by atoms with E-state index in [2.05, 4.69) is 11.0 Å². The number of ether oxygens (including phenoxy) is 4. The quantitative estimate of drug-likeness (QED) is 0.284. The highest BCUT2D eigenvalue weighted by Gasteiger charge is 2.25. The van der Waals surface area contributed by atoms with Crippen molar-refractivity contribution >= 4 is 45.0 Å². The van der Waals surface area contributed by atoms with Crippen LogP contribution in [0.25, 0.3) is 10.2 Å². The fourth-order valence-corrected chi connectivity index (χ4v) is 5.49. The van der Waals surface area contributed by atoms with Gasteiger partial charge in [0.2, 0.25) is 5.75 Å². The zero-order valence-electron chi connectivity index (χ0n) is 22.7. The first-order valence-corrected chi connectivity index (χ1v) is 13.9.